The van der Waals surface area contributed by atoms with Crippen LogP contribution in [0.4, 0.5) is 0 Å². The van der Waals surface area contributed by atoms with Gasteiger partial charge in [-0.3, -0.25) is 0 Å². The Hall–Kier alpha value is -2.47. The second-order valence-corrected chi connectivity index (χ2v) is 7.03. The minimum Gasteiger partial charge on any atom is -0.392 e. The Labute approximate surface area is 141 Å². The Bertz CT molecular complexity index is 947. The summed E-state index contributed by atoms with van der Waals surface area (Å²) in [5, 5.41) is 14.3. The van der Waals surface area contributed by atoms with Crippen LogP contribution in [0, 0.1) is 0 Å². The van der Waals surface area contributed by atoms with Crippen LogP contribution >= 0.6 is 0 Å². The SMILES string of the molecule is NS(=O)(=O)c1ccc(-c2ccccc2-c2ccc(CO)cc2)cc1. The van der Waals surface area contributed by atoms with E-state index in [9.17, 15) is 8.42 Å². The Balaban J connectivity index is 2.06. The summed E-state index contributed by atoms with van der Waals surface area (Å²) in [5.74, 6) is 0. The maximum absolute atomic E-state index is 11.4. The van der Waals surface area contributed by atoms with E-state index in [2.05, 4.69) is 0 Å². The molecule has 0 aliphatic carbocycles. The van der Waals surface area contributed by atoms with Crippen molar-refractivity contribution < 1.29 is 13.5 Å². The molecule has 122 valence electrons. The first-order valence-electron chi connectivity index (χ1n) is 7.41. The van der Waals surface area contributed by atoms with Gasteiger partial charge in [0.2, 0.25) is 10.0 Å². The molecule has 0 saturated heterocycles. The maximum Gasteiger partial charge on any atom is 0.238 e. The van der Waals surface area contributed by atoms with Crippen LogP contribution in [0.25, 0.3) is 22.3 Å². The molecule has 0 atom stereocenters. The van der Waals surface area contributed by atoms with Crippen LogP contribution in [0.15, 0.2) is 77.7 Å². The normalized spacial score (nSPS) is 11.4. The van der Waals surface area contributed by atoms with E-state index in [1.807, 2.05) is 48.5 Å². The highest BCUT2D eigenvalue weighted by atomic mass is 32.2. The lowest BCUT2D eigenvalue weighted by Gasteiger charge is -2.11. The van der Waals surface area contributed by atoms with Crippen LogP contribution in [0.3, 0.4) is 0 Å². The van der Waals surface area contributed by atoms with Gasteiger partial charge in [-0.25, -0.2) is 13.6 Å². The van der Waals surface area contributed by atoms with E-state index in [0.29, 0.717) is 0 Å². The van der Waals surface area contributed by atoms with E-state index in [4.69, 9.17) is 10.2 Å². The number of aliphatic hydroxyl groups is 1. The predicted octanol–water partition coefficient (Wildman–Crippen LogP) is 3.16. The molecule has 3 aromatic carbocycles. The topological polar surface area (TPSA) is 80.4 Å². The molecule has 0 heterocycles. The highest BCUT2D eigenvalue weighted by Crippen LogP contribution is 2.32. The molecule has 0 aromatic heterocycles. The number of sulfonamides is 1. The van der Waals surface area contributed by atoms with Crippen molar-refractivity contribution >= 4 is 10.0 Å². The molecule has 0 saturated carbocycles. The molecule has 0 unspecified atom stereocenters. The van der Waals surface area contributed by atoms with Gasteiger partial charge in [0, 0.05) is 0 Å². The van der Waals surface area contributed by atoms with Crippen LogP contribution in [0.2, 0.25) is 0 Å². The molecule has 0 amide bonds. The molecule has 0 spiro atoms. The van der Waals surface area contributed by atoms with Crippen LogP contribution < -0.4 is 5.14 Å². The Morgan fingerprint density at radius 3 is 1.62 bits per heavy atom. The highest BCUT2D eigenvalue weighted by molar-refractivity contribution is 7.89. The van der Waals surface area contributed by atoms with Crippen molar-refractivity contribution in [3.8, 4) is 22.3 Å². The molecular weight excluding hydrogens is 322 g/mol. The lowest BCUT2D eigenvalue weighted by molar-refractivity contribution is 0.282. The van der Waals surface area contributed by atoms with Gasteiger partial charge in [0.05, 0.1) is 11.5 Å². The summed E-state index contributed by atoms with van der Waals surface area (Å²) < 4.78 is 22.8. The average Bonchev–Trinajstić information content (AvgIpc) is 2.61. The summed E-state index contributed by atoms with van der Waals surface area (Å²) >= 11 is 0. The van der Waals surface area contributed by atoms with Crippen LogP contribution in [-0.4, -0.2) is 13.5 Å². The van der Waals surface area contributed by atoms with Crippen molar-refractivity contribution in [2.45, 2.75) is 11.5 Å². The third-order valence-corrected chi connectivity index (χ3v) is 4.80. The fourth-order valence-electron chi connectivity index (χ4n) is 2.60. The summed E-state index contributed by atoms with van der Waals surface area (Å²) in [6.07, 6.45) is 0. The fraction of sp³-hybridized carbons (Fsp3) is 0.0526. The van der Waals surface area contributed by atoms with E-state index >= 15 is 0 Å². The average molecular weight is 339 g/mol. The zero-order valence-electron chi connectivity index (χ0n) is 12.9. The number of nitrogens with two attached hydrogens (primary N) is 1. The summed E-state index contributed by atoms with van der Waals surface area (Å²) in [7, 11) is -3.70. The van der Waals surface area contributed by atoms with E-state index in [1.165, 1.54) is 12.1 Å². The van der Waals surface area contributed by atoms with Gasteiger partial charge in [-0.2, -0.15) is 0 Å². The molecule has 0 fully saturated rings. The van der Waals surface area contributed by atoms with Gasteiger partial charge in [-0.15, -0.1) is 0 Å². The molecule has 3 N–H and O–H groups in total. The molecule has 5 heteroatoms. The van der Waals surface area contributed by atoms with E-state index < -0.39 is 10.0 Å². The van der Waals surface area contributed by atoms with Crippen LogP contribution in [-0.2, 0) is 16.6 Å². The van der Waals surface area contributed by atoms with E-state index in [0.717, 1.165) is 27.8 Å². The van der Waals surface area contributed by atoms with Gasteiger partial charge in [-0.05, 0) is 39.9 Å². The maximum atomic E-state index is 11.4. The molecule has 0 radical (unpaired) electrons. The lowest BCUT2D eigenvalue weighted by atomic mass is 9.94. The van der Waals surface area contributed by atoms with Gasteiger partial charge in [0.25, 0.3) is 0 Å². The third kappa shape index (κ3) is 3.38. The number of benzene rings is 3. The number of primary sulfonamides is 1. The Kier molecular flexibility index (Phi) is 4.49. The van der Waals surface area contributed by atoms with Gasteiger partial charge in [0.15, 0.2) is 0 Å². The number of rotatable bonds is 4. The summed E-state index contributed by atoms with van der Waals surface area (Å²) in [6, 6.07) is 22.1. The largest absolute Gasteiger partial charge is 0.392 e. The number of hydrogen-bond donors (Lipinski definition) is 2. The molecule has 3 rings (SSSR count). The third-order valence-electron chi connectivity index (χ3n) is 3.87. The molecule has 0 bridgehead atoms. The summed E-state index contributed by atoms with van der Waals surface area (Å²) in [6.45, 7) is 0.0109. The monoisotopic (exact) mass is 339 g/mol. The van der Waals surface area contributed by atoms with Crippen molar-refractivity contribution in [3.05, 3.63) is 78.4 Å². The minimum atomic E-state index is -3.70. The first-order chi connectivity index (χ1) is 11.5. The lowest BCUT2D eigenvalue weighted by Crippen LogP contribution is -2.11. The summed E-state index contributed by atoms with van der Waals surface area (Å²) in [5.41, 5.74) is 4.82. The van der Waals surface area contributed by atoms with Crippen molar-refractivity contribution in [2.75, 3.05) is 0 Å². The standard InChI is InChI=1S/C19H17NO3S/c20-24(22,23)17-11-9-16(10-12-17)19-4-2-1-3-18(19)15-7-5-14(13-21)6-8-15/h1-12,21H,13H2,(H2,20,22,23). The quantitative estimate of drug-likeness (QED) is 0.766. The Morgan fingerprint density at radius 2 is 1.21 bits per heavy atom. The smallest absolute Gasteiger partial charge is 0.238 e. The van der Waals surface area contributed by atoms with Gasteiger partial charge >= 0.3 is 0 Å². The first-order valence-corrected chi connectivity index (χ1v) is 8.96. The molecule has 0 aliphatic rings. The number of hydrogen-bond acceptors (Lipinski definition) is 3. The molecule has 3 aromatic rings. The molecular formula is C19H17NO3S. The second kappa shape index (κ2) is 6.57. The van der Waals surface area contributed by atoms with Crippen molar-refractivity contribution in [3.63, 3.8) is 0 Å². The van der Waals surface area contributed by atoms with Crippen LogP contribution in [0.5, 0.6) is 0 Å². The fourth-order valence-corrected chi connectivity index (χ4v) is 3.12. The zero-order chi connectivity index (χ0) is 17.2. The van der Waals surface area contributed by atoms with Gasteiger partial charge < -0.3 is 5.11 Å². The van der Waals surface area contributed by atoms with Crippen molar-refractivity contribution in [2.24, 2.45) is 5.14 Å². The minimum absolute atomic E-state index is 0.0109. The highest BCUT2D eigenvalue weighted by Gasteiger charge is 2.10. The van der Waals surface area contributed by atoms with Gasteiger partial charge in [0.1, 0.15) is 0 Å². The molecule has 4 nitrogen and oxygen atoms in total. The van der Waals surface area contributed by atoms with E-state index in [-0.39, 0.29) is 11.5 Å². The predicted molar refractivity (Wildman–Crippen MR) is 94.6 cm³/mol. The summed E-state index contributed by atoms with van der Waals surface area (Å²) in [4.78, 5) is 0.0935. The number of aliphatic hydroxyl groups excluding tert-OH is 1. The van der Waals surface area contributed by atoms with Gasteiger partial charge in [-0.1, -0.05) is 60.7 Å². The first kappa shape index (κ1) is 16.4. The van der Waals surface area contributed by atoms with Crippen molar-refractivity contribution in [1.29, 1.82) is 0 Å². The van der Waals surface area contributed by atoms with Crippen LogP contribution in [0.1, 0.15) is 5.56 Å². The Morgan fingerprint density at radius 1 is 0.750 bits per heavy atom. The molecule has 24 heavy (non-hydrogen) atoms. The zero-order valence-corrected chi connectivity index (χ0v) is 13.7. The second-order valence-electron chi connectivity index (χ2n) is 5.47. The van der Waals surface area contributed by atoms with Crippen molar-refractivity contribution in [1.82, 2.24) is 0 Å². The molecule has 0 aliphatic heterocycles. The van der Waals surface area contributed by atoms with E-state index in [1.54, 1.807) is 12.1 Å².